The molecule has 2 heterocycles. The average molecular weight is 330 g/mol. The fraction of sp³-hybridized carbons (Fsp3) is 0.571. The number of nitrogens with zero attached hydrogens (tertiary/aromatic N) is 1. The predicted octanol–water partition coefficient (Wildman–Crippen LogP) is 3.82. The SMILES string of the molecule is CNC1CC2CCC(C1)N2c1cc(Cl)ccc1Br. The number of fused-ring (bicyclic) bond motifs is 2. The van der Waals surface area contributed by atoms with Crippen molar-refractivity contribution in [1.82, 2.24) is 5.32 Å². The molecule has 4 heteroatoms. The van der Waals surface area contributed by atoms with Crippen LogP contribution in [0.3, 0.4) is 0 Å². The molecule has 2 unspecified atom stereocenters. The summed E-state index contributed by atoms with van der Waals surface area (Å²) in [6, 6.07) is 8.10. The molecule has 2 bridgehead atoms. The maximum Gasteiger partial charge on any atom is 0.0530 e. The van der Waals surface area contributed by atoms with Crippen molar-refractivity contribution in [2.24, 2.45) is 0 Å². The van der Waals surface area contributed by atoms with Gasteiger partial charge in [-0.3, -0.25) is 0 Å². The molecule has 0 aliphatic carbocycles. The van der Waals surface area contributed by atoms with Crippen LogP contribution >= 0.6 is 27.5 Å². The molecule has 0 saturated carbocycles. The van der Waals surface area contributed by atoms with Gasteiger partial charge in [-0.05, 0) is 66.9 Å². The molecule has 2 nitrogen and oxygen atoms in total. The monoisotopic (exact) mass is 328 g/mol. The highest BCUT2D eigenvalue weighted by atomic mass is 79.9. The van der Waals surface area contributed by atoms with Crippen molar-refractivity contribution in [1.29, 1.82) is 0 Å². The second-order valence-corrected chi connectivity index (χ2v) is 6.64. The largest absolute Gasteiger partial charge is 0.364 e. The molecule has 2 aliphatic heterocycles. The lowest BCUT2D eigenvalue weighted by atomic mass is 9.97. The van der Waals surface area contributed by atoms with Gasteiger partial charge in [0.25, 0.3) is 0 Å². The van der Waals surface area contributed by atoms with Crippen molar-refractivity contribution in [2.45, 2.75) is 43.8 Å². The van der Waals surface area contributed by atoms with E-state index in [9.17, 15) is 0 Å². The molecule has 2 atom stereocenters. The zero-order chi connectivity index (χ0) is 12.7. The number of halogens is 2. The molecule has 0 aromatic heterocycles. The van der Waals surface area contributed by atoms with Gasteiger partial charge < -0.3 is 10.2 Å². The molecule has 2 fully saturated rings. The van der Waals surface area contributed by atoms with Crippen LogP contribution in [0.2, 0.25) is 5.02 Å². The van der Waals surface area contributed by atoms with Crippen LogP contribution in [0, 0.1) is 0 Å². The van der Waals surface area contributed by atoms with Gasteiger partial charge in [0.05, 0.1) is 5.69 Å². The highest BCUT2D eigenvalue weighted by molar-refractivity contribution is 9.10. The van der Waals surface area contributed by atoms with E-state index in [1.165, 1.54) is 31.4 Å². The maximum absolute atomic E-state index is 6.15. The molecule has 1 N–H and O–H groups in total. The van der Waals surface area contributed by atoms with Gasteiger partial charge >= 0.3 is 0 Å². The zero-order valence-corrected chi connectivity index (χ0v) is 12.8. The summed E-state index contributed by atoms with van der Waals surface area (Å²) in [5.41, 5.74) is 1.27. The van der Waals surface area contributed by atoms with Gasteiger partial charge in [0.15, 0.2) is 0 Å². The van der Waals surface area contributed by atoms with Crippen LogP contribution in [0.4, 0.5) is 5.69 Å². The summed E-state index contributed by atoms with van der Waals surface area (Å²) in [6.07, 6.45) is 5.10. The molecule has 0 radical (unpaired) electrons. The summed E-state index contributed by atoms with van der Waals surface area (Å²) in [5.74, 6) is 0. The Labute approximate surface area is 122 Å². The number of hydrogen-bond donors (Lipinski definition) is 1. The predicted molar refractivity (Wildman–Crippen MR) is 80.5 cm³/mol. The summed E-state index contributed by atoms with van der Waals surface area (Å²) in [7, 11) is 2.08. The molecule has 2 aliphatic rings. The Morgan fingerprint density at radius 3 is 2.56 bits per heavy atom. The Bertz CT molecular complexity index is 437. The highest BCUT2D eigenvalue weighted by Crippen LogP contribution is 2.42. The van der Waals surface area contributed by atoms with E-state index >= 15 is 0 Å². The first-order valence-electron chi connectivity index (χ1n) is 6.59. The van der Waals surface area contributed by atoms with Crippen LogP contribution < -0.4 is 10.2 Å². The first-order valence-corrected chi connectivity index (χ1v) is 7.77. The van der Waals surface area contributed by atoms with E-state index in [-0.39, 0.29) is 0 Å². The van der Waals surface area contributed by atoms with E-state index in [4.69, 9.17) is 11.6 Å². The van der Waals surface area contributed by atoms with Crippen molar-refractivity contribution >= 4 is 33.2 Å². The smallest absolute Gasteiger partial charge is 0.0530 e. The van der Waals surface area contributed by atoms with Gasteiger partial charge in [-0.25, -0.2) is 0 Å². The summed E-state index contributed by atoms with van der Waals surface area (Å²) in [5, 5.41) is 4.26. The summed E-state index contributed by atoms with van der Waals surface area (Å²) in [6.45, 7) is 0. The standard InChI is InChI=1S/C14H18BrClN2/c1-17-10-7-11-3-4-12(8-10)18(11)14-6-9(16)2-5-13(14)15/h2,5-6,10-12,17H,3-4,7-8H2,1H3. The fourth-order valence-electron chi connectivity index (χ4n) is 3.49. The van der Waals surface area contributed by atoms with Crippen LogP contribution in [-0.2, 0) is 0 Å². The first-order chi connectivity index (χ1) is 8.69. The van der Waals surface area contributed by atoms with Crippen molar-refractivity contribution in [2.75, 3.05) is 11.9 Å². The van der Waals surface area contributed by atoms with E-state index in [1.54, 1.807) is 0 Å². The van der Waals surface area contributed by atoms with Gasteiger partial charge in [-0.2, -0.15) is 0 Å². The van der Waals surface area contributed by atoms with Crippen molar-refractivity contribution in [3.63, 3.8) is 0 Å². The Morgan fingerprint density at radius 1 is 1.28 bits per heavy atom. The minimum Gasteiger partial charge on any atom is -0.364 e. The average Bonchev–Trinajstić information content (AvgIpc) is 2.63. The third-order valence-electron chi connectivity index (χ3n) is 4.33. The molecule has 18 heavy (non-hydrogen) atoms. The van der Waals surface area contributed by atoms with Crippen molar-refractivity contribution < 1.29 is 0 Å². The summed E-state index contributed by atoms with van der Waals surface area (Å²) in [4.78, 5) is 2.59. The van der Waals surface area contributed by atoms with Crippen LogP contribution in [0.25, 0.3) is 0 Å². The van der Waals surface area contributed by atoms with Gasteiger partial charge in [-0.1, -0.05) is 11.6 Å². The molecule has 3 rings (SSSR count). The van der Waals surface area contributed by atoms with Crippen LogP contribution in [0.1, 0.15) is 25.7 Å². The fourth-order valence-corrected chi connectivity index (χ4v) is 4.11. The van der Waals surface area contributed by atoms with E-state index < -0.39 is 0 Å². The number of nitrogens with one attached hydrogen (secondary N) is 1. The topological polar surface area (TPSA) is 15.3 Å². The number of rotatable bonds is 2. The molecule has 98 valence electrons. The molecule has 2 saturated heterocycles. The third kappa shape index (κ3) is 2.17. The molecule has 0 amide bonds. The lowest BCUT2D eigenvalue weighted by molar-refractivity contribution is 0.373. The minimum atomic E-state index is 0.663. The van der Waals surface area contributed by atoms with E-state index in [0.29, 0.717) is 18.1 Å². The summed E-state index contributed by atoms with van der Waals surface area (Å²) >= 11 is 9.81. The molecule has 1 aromatic carbocycles. The van der Waals surface area contributed by atoms with Crippen LogP contribution in [0.15, 0.2) is 22.7 Å². The third-order valence-corrected chi connectivity index (χ3v) is 5.23. The van der Waals surface area contributed by atoms with E-state index in [0.717, 1.165) is 9.50 Å². The maximum atomic E-state index is 6.15. The van der Waals surface area contributed by atoms with E-state index in [2.05, 4.69) is 45.3 Å². The number of anilines is 1. The van der Waals surface area contributed by atoms with Crippen molar-refractivity contribution in [3.8, 4) is 0 Å². The molecular formula is C14H18BrClN2. The quantitative estimate of drug-likeness (QED) is 0.887. The zero-order valence-electron chi connectivity index (χ0n) is 10.5. The van der Waals surface area contributed by atoms with Gasteiger partial charge in [0.2, 0.25) is 0 Å². The van der Waals surface area contributed by atoms with E-state index in [1.807, 2.05) is 6.07 Å². The van der Waals surface area contributed by atoms with Gasteiger partial charge in [0.1, 0.15) is 0 Å². The van der Waals surface area contributed by atoms with Gasteiger partial charge in [0, 0.05) is 27.6 Å². The Kier molecular flexibility index (Phi) is 3.57. The van der Waals surface area contributed by atoms with Gasteiger partial charge in [-0.15, -0.1) is 0 Å². The second kappa shape index (κ2) is 5.03. The number of piperidine rings is 1. The Morgan fingerprint density at radius 2 is 1.94 bits per heavy atom. The Hall–Kier alpha value is -0.250. The van der Waals surface area contributed by atoms with Crippen LogP contribution in [0.5, 0.6) is 0 Å². The first kappa shape index (κ1) is 12.8. The number of hydrogen-bond acceptors (Lipinski definition) is 2. The Balaban J connectivity index is 1.91. The molecular weight excluding hydrogens is 312 g/mol. The summed E-state index contributed by atoms with van der Waals surface area (Å²) < 4.78 is 1.16. The van der Waals surface area contributed by atoms with Crippen LogP contribution in [-0.4, -0.2) is 25.2 Å². The second-order valence-electron chi connectivity index (χ2n) is 5.35. The molecule has 1 aromatic rings. The highest BCUT2D eigenvalue weighted by Gasteiger charge is 2.40. The van der Waals surface area contributed by atoms with Crippen molar-refractivity contribution in [3.05, 3.63) is 27.7 Å². The normalized spacial score (nSPS) is 30.8. The number of benzene rings is 1. The molecule has 0 spiro atoms. The minimum absolute atomic E-state index is 0.663. The lowest BCUT2D eigenvalue weighted by Crippen LogP contribution is -2.48. The lowest BCUT2D eigenvalue weighted by Gasteiger charge is -2.41.